The highest BCUT2D eigenvalue weighted by atomic mass is 19.1. The zero-order valence-corrected chi connectivity index (χ0v) is 14.9. The SMILES string of the molecule is CC(=O)c1ccc(NC(=O)[C@]2(CC(=O)O)CC(c3ccc(F)cc3)=NO2)cc1. The molecule has 28 heavy (non-hydrogen) atoms. The van der Waals surface area contributed by atoms with Crippen molar-refractivity contribution in [3.8, 4) is 0 Å². The molecule has 1 heterocycles. The summed E-state index contributed by atoms with van der Waals surface area (Å²) >= 11 is 0. The molecule has 0 unspecified atom stereocenters. The summed E-state index contributed by atoms with van der Waals surface area (Å²) in [7, 11) is 0. The number of amides is 1. The van der Waals surface area contributed by atoms with Gasteiger partial charge in [0, 0.05) is 17.7 Å². The second-order valence-electron chi connectivity index (χ2n) is 6.47. The van der Waals surface area contributed by atoms with Crippen LogP contribution in [0, 0.1) is 5.82 Å². The highest BCUT2D eigenvalue weighted by Crippen LogP contribution is 2.32. The minimum atomic E-state index is -1.73. The number of nitrogens with zero attached hydrogens (tertiary/aromatic N) is 1. The molecule has 8 heteroatoms. The third-order valence-electron chi connectivity index (χ3n) is 4.36. The van der Waals surface area contributed by atoms with Crippen molar-refractivity contribution in [2.75, 3.05) is 5.32 Å². The van der Waals surface area contributed by atoms with Gasteiger partial charge in [0.15, 0.2) is 5.78 Å². The predicted molar refractivity (Wildman–Crippen MR) is 98.7 cm³/mol. The van der Waals surface area contributed by atoms with Gasteiger partial charge in [-0.2, -0.15) is 0 Å². The number of hydrogen-bond donors (Lipinski definition) is 2. The summed E-state index contributed by atoms with van der Waals surface area (Å²) in [6.45, 7) is 1.43. The molecule has 1 amide bonds. The highest BCUT2D eigenvalue weighted by molar-refractivity contribution is 6.09. The van der Waals surface area contributed by atoms with Crippen LogP contribution in [0.1, 0.15) is 35.7 Å². The summed E-state index contributed by atoms with van der Waals surface area (Å²) in [4.78, 5) is 40.8. The van der Waals surface area contributed by atoms with Crippen LogP contribution >= 0.6 is 0 Å². The van der Waals surface area contributed by atoms with Crippen molar-refractivity contribution in [2.24, 2.45) is 5.16 Å². The van der Waals surface area contributed by atoms with Crippen LogP contribution in [0.25, 0.3) is 0 Å². The molecule has 1 aliphatic heterocycles. The number of nitrogens with one attached hydrogen (secondary N) is 1. The molecule has 0 saturated carbocycles. The number of carbonyl (C=O) groups is 3. The molecule has 0 fully saturated rings. The van der Waals surface area contributed by atoms with Crippen LogP contribution in [0.2, 0.25) is 0 Å². The van der Waals surface area contributed by atoms with E-state index in [0.717, 1.165) is 0 Å². The molecular weight excluding hydrogens is 367 g/mol. The topological polar surface area (TPSA) is 105 Å². The summed E-state index contributed by atoms with van der Waals surface area (Å²) < 4.78 is 13.1. The number of carboxylic acid groups (broad SMARTS) is 1. The van der Waals surface area contributed by atoms with E-state index in [9.17, 15) is 23.9 Å². The van der Waals surface area contributed by atoms with Crippen LogP contribution in [-0.2, 0) is 14.4 Å². The Labute approximate surface area is 159 Å². The number of hydrogen-bond acceptors (Lipinski definition) is 5. The van der Waals surface area contributed by atoms with Crippen LogP contribution in [0.5, 0.6) is 0 Å². The van der Waals surface area contributed by atoms with E-state index >= 15 is 0 Å². The van der Waals surface area contributed by atoms with Crippen molar-refractivity contribution in [3.05, 3.63) is 65.5 Å². The molecule has 2 N–H and O–H groups in total. The molecule has 3 rings (SSSR count). The van der Waals surface area contributed by atoms with E-state index in [2.05, 4.69) is 10.5 Å². The molecule has 0 aliphatic carbocycles. The summed E-state index contributed by atoms with van der Waals surface area (Å²) in [5, 5.41) is 15.7. The Kier molecular flexibility index (Phi) is 5.21. The number of halogens is 1. The van der Waals surface area contributed by atoms with Crippen LogP contribution in [0.15, 0.2) is 53.7 Å². The smallest absolute Gasteiger partial charge is 0.308 e. The van der Waals surface area contributed by atoms with Gasteiger partial charge in [0.2, 0.25) is 5.60 Å². The van der Waals surface area contributed by atoms with E-state index in [1.54, 1.807) is 24.3 Å². The van der Waals surface area contributed by atoms with Gasteiger partial charge in [-0.1, -0.05) is 17.3 Å². The van der Waals surface area contributed by atoms with Crippen molar-refractivity contribution >= 4 is 29.1 Å². The van der Waals surface area contributed by atoms with Gasteiger partial charge in [0.05, 0.1) is 12.1 Å². The van der Waals surface area contributed by atoms with E-state index < -0.39 is 29.7 Å². The average molecular weight is 384 g/mol. The van der Waals surface area contributed by atoms with E-state index in [-0.39, 0.29) is 12.2 Å². The van der Waals surface area contributed by atoms with Crippen LogP contribution < -0.4 is 5.32 Å². The molecule has 0 spiro atoms. The van der Waals surface area contributed by atoms with Gasteiger partial charge in [-0.05, 0) is 48.9 Å². The Bertz CT molecular complexity index is 954. The van der Waals surface area contributed by atoms with Gasteiger partial charge in [0.1, 0.15) is 5.82 Å². The molecule has 1 aliphatic rings. The lowest BCUT2D eigenvalue weighted by Gasteiger charge is -2.23. The van der Waals surface area contributed by atoms with Gasteiger partial charge >= 0.3 is 5.97 Å². The minimum absolute atomic E-state index is 0.0811. The van der Waals surface area contributed by atoms with Crippen molar-refractivity contribution in [3.63, 3.8) is 0 Å². The number of anilines is 1. The van der Waals surface area contributed by atoms with Crippen molar-refractivity contribution in [2.45, 2.75) is 25.4 Å². The molecule has 1 atom stereocenters. The van der Waals surface area contributed by atoms with Gasteiger partial charge in [-0.25, -0.2) is 4.39 Å². The van der Waals surface area contributed by atoms with Crippen molar-refractivity contribution in [1.82, 2.24) is 0 Å². The fourth-order valence-corrected chi connectivity index (χ4v) is 2.85. The molecule has 2 aromatic carbocycles. The van der Waals surface area contributed by atoms with E-state index in [1.165, 1.54) is 31.2 Å². The normalized spacial score (nSPS) is 18.1. The summed E-state index contributed by atoms with van der Waals surface area (Å²) in [6, 6.07) is 11.6. The fraction of sp³-hybridized carbons (Fsp3) is 0.200. The largest absolute Gasteiger partial charge is 0.481 e. The third-order valence-corrected chi connectivity index (χ3v) is 4.36. The molecule has 144 valence electrons. The fourth-order valence-electron chi connectivity index (χ4n) is 2.85. The Morgan fingerprint density at radius 1 is 1.14 bits per heavy atom. The molecular formula is C20H17FN2O5. The van der Waals surface area contributed by atoms with Crippen LogP contribution in [-0.4, -0.2) is 34.1 Å². The number of Topliss-reactive ketones (excluding diaryl/α,β-unsaturated/α-hetero) is 1. The Hall–Kier alpha value is -3.55. The summed E-state index contributed by atoms with van der Waals surface area (Å²) in [6.07, 6.45) is -0.680. The lowest BCUT2D eigenvalue weighted by atomic mass is 9.90. The lowest BCUT2D eigenvalue weighted by Crippen LogP contribution is -2.45. The van der Waals surface area contributed by atoms with Crippen molar-refractivity contribution < 1.29 is 28.7 Å². The first-order chi connectivity index (χ1) is 13.3. The van der Waals surface area contributed by atoms with Gasteiger partial charge in [0.25, 0.3) is 5.91 Å². The first kappa shape index (κ1) is 19.2. The predicted octanol–water partition coefficient (Wildman–Crippen LogP) is 3.00. The zero-order chi connectivity index (χ0) is 20.3. The molecule has 2 aromatic rings. The molecule has 7 nitrogen and oxygen atoms in total. The number of benzene rings is 2. The standard InChI is InChI=1S/C20H17FN2O5/c1-12(24)13-4-8-16(9-5-13)22-19(27)20(11-18(25)26)10-17(23-28-20)14-2-6-15(21)7-3-14/h2-9H,10-11H2,1H3,(H,22,27)(H,25,26)/t20-/m1/s1. The van der Waals surface area contributed by atoms with E-state index in [1.807, 2.05) is 0 Å². The Morgan fingerprint density at radius 2 is 1.79 bits per heavy atom. The molecule has 0 saturated heterocycles. The van der Waals surface area contributed by atoms with E-state index in [4.69, 9.17) is 4.84 Å². The highest BCUT2D eigenvalue weighted by Gasteiger charge is 2.48. The third kappa shape index (κ3) is 4.06. The molecule has 0 bridgehead atoms. The zero-order valence-electron chi connectivity index (χ0n) is 14.9. The summed E-state index contributed by atoms with van der Waals surface area (Å²) in [5.74, 6) is -2.44. The lowest BCUT2D eigenvalue weighted by molar-refractivity contribution is -0.152. The number of rotatable bonds is 6. The number of oxime groups is 1. The maximum atomic E-state index is 13.1. The number of ketones is 1. The summed E-state index contributed by atoms with van der Waals surface area (Å²) in [5.41, 5.74) is 0.0286. The van der Waals surface area contributed by atoms with E-state index in [0.29, 0.717) is 22.5 Å². The Morgan fingerprint density at radius 3 is 2.36 bits per heavy atom. The second-order valence-corrected chi connectivity index (χ2v) is 6.47. The van der Waals surface area contributed by atoms with Gasteiger partial charge < -0.3 is 15.3 Å². The number of aliphatic carboxylic acids is 1. The maximum Gasteiger partial charge on any atom is 0.308 e. The average Bonchev–Trinajstić information content (AvgIpc) is 3.07. The second kappa shape index (κ2) is 7.59. The van der Waals surface area contributed by atoms with Crippen LogP contribution in [0.4, 0.5) is 10.1 Å². The van der Waals surface area contributed by atoms with Gasteiger partial charge in [-0.3, -0.25) is 14.4 Å². The quantitative estimate of drug-likeness (QED) is 0.745. The maximum absolute atomic E-state index is 13.1. The first-order valence-electron chi connectivity index (χ1n) is 8.44. The van der Waals surface area contributed by atoms with Crippen molar-refractivity contribution in [1.29, 1.82) is 0 Å². The Balaban J connectivity index is 1.80. The monoisotopic (exact) mass is 384 g/mol. The first-order valence-corrected chi connectivity index (χ1v) is 8.44. The number of carboxylic acids is 1. The van der Waals surface area contributed by atoms with Crippen LogP contribution in [0.3, 0.4) is 0 Å². The molecule has 0 aromatic heterocycles. The number of carbonyl (C=O) groups excluding carboxylic acids is 2. The minimum Gasteiger partial charge on any atom is -0.481 e. The van der Waals surface area contributed by atoms with Gasteiger partial charge in [-0.15, -0.1) is 0 Å². The molecule has 0 radical (unpaired) electrons.